The van der Waals surface area contributed by atoms with Crippen LogP contribution in [-0.4, -0.2) is 62.0 Å². The molecule has 0 aliphatic heterocycles. The zero-order valence-corrected chi connectivity index (χ0v) is 23.0. The largest absolute Gasteiger partial charge is 0.400 e. The van der Waals surface area contributed by atoms with Gasteiger partial charge in [-0.1, -0.05) is 29.6 Å². The van der Waals surface area contributed by atoms with Gasteiger partial charge in [0.1, 0.15) is 0 Å². The fraction of sp³-hybridized carbons (Fsp3) is 0.556. The molecule has 28 heavy (non-hydrogen) atoms. The van der Waals surface area contributed by atoms with E-state index in [9.17, 15) is 0 Å². The molecule has 0 aromatic carbocycles. The van der Waals surface area contributed by atoms with Gasteiger partial charge in [-0.2, -0.15) is 0 Å². The predicted octanol–water partition coefficient (Wildman–Crippen LogP) is 1.82. The van der Waals surface area contributed by atoms with Crippen molar-refractivity contribution < 1.29 is 8.85 Å². The summed E-state index contributed by atoms with van der Waals surface area (Å²) >= 11 is 0. The zero-order chi connectivity index (χ0) is 21.6. The SMILES string of the molecule is C=CC(CC/C=C/CO[Si](C)(C=C)N[SiH](C)NC)O[SiH](C)N[Si](C)(C=C)NC. The maximum Gasteiger partial charge on any atom is 0.285 e. The van der Waals surface area contributed by atoms with E-state index in [-0.39, 0.29) is 6.10 Å². The minimum Gasteiger partial charge on any atom is -0.400 e. The Hall–Kier alpha value is -0.412. The van der Waals surface area contributed by atoms with Gasteiger partial charge in [-0.15, -0.1) is 19.7 Å². The standard InChI is InChI=1S/C18H42N4O2Si4/c1-10-18(24-26(7)22-27(8,11-2)20-5)16-14-13-15-17-23-28(9,12-3)21-25(6)19-4/h10-13,15,18-22,25-26H,1-3,14,16-17H2,4-9H3/b15-13+. The van der Waals surface area contributed by atoms with E-state index < -0.39 is 35.2 Å². The minimum atomic E-state index is -2.04. The van der Waals surface area contributed by atoms with Crippen molar-refractivity contribution in [2.24, 2.45) is 0 Å². The highest BCUT2D eigenvalue weighted by Gasteiger charge is 2.27. The van der Waals surface area contributed by atoms with Crippen molar-refractivity contribution >= 4 is 35.2 Å². The molecule has 0 aliphatic carbocycles. The first-order chi connectivity index (χ1) is 13.2. The van der Waals surface area contributed by atoms with E-state index in [1.165, 1.54) is 0 Å². The van der Waals surface area contributed by atoms with Crippen LogP contribution in [0.4, 0.5) is 0 Å². The van der Waals surface area contributed by atoms with Crippen LogP contribution >= 0.6 is 0 Å². The normalized spacial score (nSPS) is 19.4. The monoisotopic (exact) mass is 458 g/mol. The highest BCUT2D eigenvalue weighted by Crippen LogP contribution is 2.08. The maximum atomic E-state index is 6.21. The molecule has 162 valence electrons. The number of allylic oxidation sites excluding steroid dienone is 1. The molecule has 4 N–H and O–H groups in total. The molecule has 0 saturated heterocycles. The molecule has 0 rings (SSSR count). The third-order valence-corrected chi connectivity index (χ3v) is 17.7. The van der Waals surface area contributed by atoms with Crippen LogP contribution in [0.25, 0.3) is 0 Å². The maximum absolute atomic E-state index is 6.21. The number of hydrogen-bond donors (Lipinski definition) is 4. The fourth-order valence-corrected chi connectivity index (χ4v) is 13.6. The van der Waals surface area contributed by atoms with Gasteiger partial charge in [-0.05, 0) is 53.1 Å². The quantitative estimate of drug-likeness (QED) is 0.197. The molecule has 10 heteroatoms. The highest BCUT2D eigenvalue weighted by molar-refractivity contribution is 6.85. The Morgan fingerprint density at radius 2 is 1.71 bits per heavy atom. The van der Waals surface area contributed by atoms with E-state index in [2.05, 4.69) is 77.3 Å². The second-order valence-electron chi connectivity index (χ2n) is 7.18. The Bertz CT molecular complexity index is 512. The van der Waals surface area contributed by atoms with Crippen LogP contribution in [0.1, 0.15) is 12.8 Å². The van der Waals surface area contributed by atoms with Crippen LogP contribution in [-0.2, 0) is 8.85 Å². The van der Waals surface area contributed by atoms with Gasteiger partial charge in [0.05, 0.1) is 12.7 Å². The van der Waals surface area contributed by atoms with Gasteiger partial charge in [-0.3, -0.25) is 0 Å². The molecule has 5 unspecified atom stereocenters. The highest BCUT2D eigenvalue weighted by atomic mass is 28.4. The Morgan fingerprint density at radius 3 is 2.21 bits per heavy atom. The summed E-state index contributed by atoms with van der Waals surface area (Å²) in [7, 11) is -2.53. The summed E-state index contributed by atoms with van der Waals surface area (Å²) in [5, 5.41) is 0. The molecule has 0 fully saturated rings. The Morgan fingerprint density at radius 1 is 1.04 bits per heavy atom. The Labute approximate surface area is 178 Å². The first-order valence-corrected chi connectivity index (χ1v) is 19.5. The van der Waals surface area contributed by atoms with E-state index in [0.29, 0.717) is 6.61 Å². The summed E-state index contributed by atoms with van der Waals surface area (Å²) < 4.78 is 19.5. The first kappa shape index (κ1) is 27.6. The molecule has 0 aliphatic rings. The molecule has 0 heterocycles. The van der Waals surface area contributed by atoms with Crippen LogP contribution < -0.4 is 19.3 Å². The van der Waals surface area contributed by atoms with Crippen LogP contribution in [0.3, 0.4) is 0 Å². The van der Waals surface area contributed by atoms with Crippen LogP contribution in [0, 0.1) is 0 Å². The van der Waals surface area contributed by atoms with Gasteiger partial charge in [-0.25, -0.2) is 0 Å². The lowest BCUT2D eigenvalue weighted by Crippen LogP contribution is -2.62. The lowest BCUT2D eigenvalue weighted by molar-refractivity contribution is 0.239. The van der Waals surface area contributed by atoms with E-state index in [0.717, 1.165) is 12.8 Å². The summed E-state index contributed by atoms with van der Waals surface area (Å²) in [6.45, 7) is 21.1. The summed E-state index contributed by atoms with van der Waals surface area (Å²) in [5.74, 6) is 0. The molecule has 0 bridgehead atoms. The zero-order valence-electron chi connectivity index (χ0n) is 18.7. The number of rotatable bonds is 17. The summed E-state index contributed by atoms with van der Waals surface area (Å²) in [6, 6.07) is 0. The van der Waals surface area contributed by atoms with Crippen molar-refractivity contribution in [3.63, 3.8) is 0 Å². The molecular formula is C18H42N4O2Si4. The van der Waals surface area contributed by atoms with Crippen molar-refractivity contribution in [1.29, 1.82) is 0 Å². The van der Waals surface area contributed by atoms with Crippen molar-refractivity contribution in [2.75, 3.05) is 20.7 Å². The van der Waals surface area contributed by atoms with Gasteiger partial charge in [0.15, 0.2) is 9.12 Å². The van der Waals surface area contributed by atoms with Crippen molar-refractivity contribution in [2.45, 2.75) is 45.1 Å². The summed E-state index contributed by atoms with van der Waals surface area (Å²) in [4.78, 5) is 6.66. The summed E-state index contributed by atoms with van der Waals surface area (Å²) in [5.41, 5.74) is 3.95. The minimum absolute atomic E-state index is 0.0663. The van der Waals surface area contributed by atoms with E-state index in [4.69, 9.17) is 8.85 Å². The molecule has 0 aromatic rings. The van der Waals surface area contributed by atoms with Crippen molar-refractivity contribution in [3.8, 4) is 0 Å². The van der Waals surface area contributed by atoms with Gasteiger partial charge < -0.3 is 28.1 Å². The molecule has 0 spiro atoms. The van der Waals surface area contributed by atoms with Crippen molar-refractivity contribution in [3.05, 3.63) is 49.4 Å². The average molecular weight is 459 g/mol. The van der Waals surface area contributed by atoms with Crippen LogP contribution in [0.15, 0.2) is 49.4 Å². The second kappa shape index (κ2) is 14.6. The van der Waals surface area contributed by atoms with Crippen molar-refractivity contribution in [1.82, 2.24) is 19.3 Å². The molecule has 0 radical (unpaired) electrons. The van der Waals surface area contributed by atoms with E-state index >= 15 is 0 Å². The average Bonchev–Trinajstić information content (AvgIpc) is 2.69. The number of hydrogen-bond acceptors (Lipinski definition) is 6. The third-order valence-electron chi connectivity index (χ3n) is 4.66. The topological polar surface area (TPSA) is 66.6 Å². The van der Waals surface area contributed by atoms with Gasteiger partial charge in [0, 0.05) is 0 Å². The van der Waals surface area contributed by atoms with Crippen LogP contribution in [0.2, 0.25) is 26.2 Å². The third kappa shape index (κ3) is 11.6. The molecular weight excluding hydrogens is 417 g/mol. The van der Waals surface area contributed by atoms with Crippen LogP contribution in [0.5, 0.6) is 0 Å². The molecule has 0 amide bonds. The smallest absolute Gasteiger partial charge is 0.285 e. The molecule has 0 saturated carbocycles. The Balaban J connectivity index is 4.32. The predicted molar refractivity (Wildman–Crippen MR) is 133 cm³/mol. The molecule has 5 atom stereocenters. The lowest BCUT2D eigenvalue weighted by Gasteiger charge is -2.29. The van der Waals surface area contributed by atoms with E-state index in [1.54, 1.807) is 0 Å². The molecule has 6 nitrogen and oxygen atoms in total. The van der Waals surface area contributed by atoms with Gasteiger partial charge in [0.2, 0.25) is 17.6 Å². The number of nitrogens with one attached hydrogen (secondary N) is 4. The van der Waals surface area contributed by atoms with Gasteiger partial charge >= 0.3 is 0 Å². The summed E-state index contributed by atoms with van der Waals surface area (Å²) in [6.07, 6.45) is 8.07. The second-order valence-corrected chi connectivity index (χ2v) is 19.3. The first-order valence-electron chi connectivity index (χ1n) is 9.93. The molecule has 0 aromatic heterocycles. The van der Waals surface area contributed by atoms with Gasteiger partial charge in [0.25, 0.3) is 8.48 Å². The Kier molecular flexibility index (Phi) is 14.3. The lowest BCUT2D eigenvalue weighted by atomic mass is 10.2. The fourth-order valence-electron chi connectivity index (χ4n) is 2.52. The van der Waals surface area contributed by atoms with E-state index in [1.807, 2.05) is 31.6 Å².